The van der Waals surface area contributed by atoms with Crippen LogP contribution in [0, 0.1) is 13.8 Å². The molecule has 5 heteroatoms. The van der Waals surface area contributed by atoms with Gasteiger partial charge in [0.05, 0.1) is 10.2 Å². The molecule has 0 aliphatic heterocycles. The van der Waals surface area contributed by atoms with Crippen molar-refractivity contribution in [3.8, 4) is 0 Å². The van der Waals surface area contributed by atoms with Crippen molar-refractivity contribution in [3.05, 3.63) is 38.5 Å². The monoisotopic (exact) mass is 271 g/mol. The third-order valence-corrected chi connectivity index (χ3v) is 3.27. The molecule has 0 atom stereocenters. The van der Waals surface area contributed by atoms with Crippen LogP contribution in [-0.4, -0.2) is 16.1 Å². The lowest BCUT2D eigenvalue weighted by atomic mass is 10.3. The Morgan fingerprint density at radius 2 is 2.13 bits per heavy atom. The summed E-state index contributed by atoms with van der Waals surface area (Å²) in [7, 11) is 0. The van der Waals surface area contributed by atoms with Crippen LogP contribution in [0.1, 0.15) is 11.4 Å². The number of nitrogens with zero attached hydrogens (tertiary/aromatic N) is 2. The minimum Gasteiger partial charge on any atom is -0.327 e. The second-order valence-electron chi connectivity index (χ2n) is 3.20. The van der Waals surface area contributed by atoms with Crippen LogP contribution in [0.5, 0.6) is 0 Å². The van der Waals surface area contributed by atoms with E-state index in [4.69, 9.17) is 5.73 Å². The summed E-state index contributed by atoms with van der Waals surface area (Å²) in [6, 6.07) is 0. The van der Waals surface area contributed by atoms with E-state index in [0.29, 0.717) is 13.1 Å². The predicted molar refractivity (Wildman–Crippen MR) is 63.9 cm³/mol. The standard InChI is InChI=1S/C10H14BrN3O/c1-7-9(11)8(2)14(10(15)13-7)6-4-3-5-12/h3-4H,5-6,12H2,1-2H3/b4-3+. The highest BCUT2D eigenvalue weighted by atomic mass is 79.9. The molecule has 2 N–H and O–H groups in total. The highest BCUT2D eigenvalue weighted by Gasteiger charge is 2.07. The zero-order chi connectivity index (χ0) is 11.4. The van der Waals surface area contributed by atoms with Gasteiger partial charge in [0, 0.05) is 18.8 Å². The van der Waals surface area contributed by atoms with E-state index in [-0.39, 0.29) is 5.69 Å². The van der Waals surface area contributed by atoms with E-state index in [1.54, 1.807) is 11.5 Å². The molecule has 0 aliphatic carbocycles. The number of rotatable bonds is 3. The molecular formula is C10H14BrN3O. The first-order chi connectivity index (χ1) is 7.07. The maximum absolute atomic E-state index is 11.6. The van der Waals surface area contributed by atoms with Crippen LogP contribution in [0.4, 0.5) is 0 Å². The number of allylic oxidation sites excluding steroid dienone is 1. The van der Waals surface area contributed by atoms with Gasteiger partial charge in [-0.15, -0.1) is 0 Å². The third-order valence-electron chi connectivity index (χ3n) is 2.13. The van der Waals surface area contributed by atoms with Gasteiger partial charge in [-0.1, -0.05) is 12.2 Å². The quantitative estimate of drug-likeness (QED) is 0.839. The van der Waals surface area contributed by atoms with Gasteiger partial charge in [0.15, 0.2) is 0 Å². The Labute approximate surface area is 96.9 Å². The fourth-order valence-corrected chi connectivity index (χ4v) is 1.57. The van der Waals surface area contributed by atoms with Crippen LogP contribution in [0.2, 0.25) is 0 Å². The Bertz CT molecular complexity index is 437. The molecule has 15 heavy (non-hydrogen) atoms. The van der Waals surface area contributed by atoms with Gasteiger partial charge in [0.1, 0.15) is 0 Å². The summed E-state index contributed by atoms with van der Waals surface area (Å²) < 4.78 is 2.48. The largest absolute Gasteiger partial charge is 0.348 e. The van der Waals surface area contributed by atoms with Crippen molar-refractivity contribution in [2.75, 3.05) is 6.54 Å². The average Bonchev–Trinajstić information content (AvgIpc) is 2.20. The molecule has 1 aromatic heterocycles. The number of nitrogens with two attached hydrogens (primary N) is 1. The first-order valence-electron chi connectivity index (χ1n) is 4.66. The molecule has 0 bridgehead atoms. The van der Waals surface area contributed by atoms with E-state index in [1.165, 1.54) is 0 Å². The molecule has 1 heterocycles. The van der Waals surface area contributed by atoms with E-state index < -0.39 is 0 Å². The Morgan fingerprint density at radius 3 is 2.73 bits per heavy atom. The van der Waals surface area contributed by atoms with Crippen molar-refractivity contribution in [1.82, 2.24) is 9.55 Å². The van der Waals surface area contributed by atoms with Crippen molar-refractivity contribution in [3.63, 3.8) is 0 Å². The first kappa shape index (κ1) is 12.1. The Balaban J connectivity index is 3.13. The molecular weight excluding hydrogens is 258 g/mol. The average molecular weight is 272 g/mol. The lowest BCUT2D eigenvalue weighted by Crippen LogP contribution is -2.26. The molecule has 0 saturated carbocycles. The molecule has 0 spiro atoms. The van der Waals surface area contributed by atoms with Crippen LogP contribution in [0.15, 0.2) is 21.4 Å². The maximum atomic E-state index is 11.6. The van der Waals surface area contributed by atoms with Gasteiger partial charge in [0.25, 0.3) is 0 Å². The molecule has 82 valence electrons. The predicted octanol–water partition coefficient (Wildman–Crippen LogP) is 1.14. The van der Waals surface area contributed by atoms with Crippen LogP contribution in [-0.2, 0) is 6.54 Å². The summed E-state index contributed by atoms with van der Waals surface area (Å²) in [5.41, 5.74) is 6.70. The van der Waals surface area contributed by atoms with E-state index in [0.717, 1.165) is 15.9 Å². The SMILES string of the molecule is Cc1nc(=O)n(C/C=C/CN)c(C)c1Br. The minimum atomic E-state index is -0.227. The minimum absolute atomic E-state index is 0.227. The molecule has 1 rings (SSSR count). The highest BCUT2D eigenvalue weighted by molar-refractivity contribution is 9.10. The highest BCUT2D eigenvalue weighted by Crippen LogP contribution is 2.16. The van der Waals surface area contributed by atoms with Crippen molar-refractivity contribution in [2.45, 2.75) is 20.4 Å². The summed E-state index contributed by atoms with van der Waals surface area (Å²) in [5, 5.41) is 0. The van der Waals surface area contributed by atoms with Gasteiger partial charge in [-0.05, 0) is 29.8 Å². The smallest absolute Gasteiger partial charge is 0.327 e. The number of aryl methyl sites for hydroxylation is 1. The van der Waals surface area contributed by atoms with Crippen molar-refractivity contribution in [1.29, 1.82) is 0 Å². The fourth-order valence-electron chi connectivity index (χ4n) is 1.27. The van der Waals surface area contributed by atoms with Gasteiger partial charge in [-0.3, -0.25) is 4.57 Å². The van der Waals surface area contributed by atoms with Gasteiger partial charge in [-0.25, -0.2) is 4.79 Å². The van der Waals surface area contributed by atoms with E-state index in [1.807, 2.05) is 19.1 Å². The van der Waals surface area contributed by atoms with Crippen LogP contribution < -0.4 is 11.4 Å². The third kappa shape index (κ3) is 2.76. The Hall–Kier alpha value is -0.940. The molecule has 0 aliphatic rings. The molecule has 1 aromatic rings. The first-order valence-corrected chi connectivity index (χ1v) is 5.45. The topological polar surface area (TPSA) is 60.9 Å². The van der Waals surface area contributed by atoms with E-state index in [9.17, 15) is 4.79 Å². The molecule has 0 fully saturated rings. The van der Waals surface area contributed by atoms with E-state index in [2.05, 4.69) is 20.9 Å². The maximum Gasteiger partial charge on any atom is 0.348 e. The van der Waals surface area contributed by atoms with Crippen molar-refractivity contribution in [2.24, 2.45) is 5.73 Å². The summed E-state index contributed by atoms with van der Waals surface area (Å²) in [6.45, 7) is 4.68. The van der Waals surface area contributed by atoms with Crippen molar-refractivity contribution < 1.29 is 0 Å². The lowest BCUT2D eigenvalue weighted by molar-refractivity contribution is 0.701. The fraction of sp³-hybridized carbons (Fsp3) is 0.400. The van der Waals surface area contributed by atoms with Gasteiger partial charge < -0.3 is 5.73 Å². The lowest BCUT2D eigenvalue weighted by Gasteiger charge is -2.09. The number of halogens is 1. The zero-order valence-electron chi connectivity index (χ0n) is 8.83. The Morgan fingerprint density at radius 1 is 1.47 bits per heavy atom. The second kappa shape index (κ2) is 5.23. The molecule has 0 aromatic carbocycles. The number of hydrogen-bond donors (Lipinski definition) is 1. The second-order valence-corrected chi connectivity index (χ2v) is 3.99. The van der Waals surface area contributed by atoms with Crippen molar-refractivity contribution >= 4 is 15.9 Å². The zero-order valence-corrected chi connectivity index (χ0v) is 10.4. The molecule has 0 radical (unpaired) electrons. The van der Waals surface area contributed by atoms with Crippen LogP contribution in [0.3, 0.4) is 0 Å². The summed E-state index contributed by atoms with van der Waals surface area (Å²) in [4.78, 5) is 15.5. The summed E-state index contributed by atoms with van der Waals surface area (Å²) in [5.74, 6) is 0. The van der Waals surface area contributed by atoms with Gasteiger partial charge in [0.2, 0.25) is 0 Å². The Kier molecular flexibility index (Phi) is 4.23. The normalized spacial score (nSPS) is 11.2. The molecule has 0 amide bonds. The molecule has 4 nitrogen and oxygen atoms in total. The molecule has 0 saturated heterocycles. The summed E-state index contributed by atoms with van der Waals surface area (Å²) in [6.07, 6.45) is 3.68. The van der Waals surface area contributed by atoms with Gasteiger partial charge >= 0.3 is 5.69 Å². The van der Waals surface area contributed by atoms with E-state index >= 15 is 0 Å². The molecule has 0 unspecified atom stereocenters. The van der Waals surface area contributed by atoms with Gasteiger partial charge in [-0.2, -0.15) is 4.98 Å². The summed E-state index contributed by atoms with van der Waals surface area (Å²) >= 11 is 3.40. The van der Waals surface area contributed by atoms with Crippen LogP contribution in [0.25, 0.3) is 0 Å². The number of hydrogen-bond acceptors (Lipinski definition) is 3. The number of aromatic nitrogens is 2. The van der Waals surface area contributed by atoms with Crippen LogP contribution >= 0.6 is 15.9 Å².